The van der Waals surface area contributed by atoms with E-state index in [1.807, 2.05) is 0 Å². The third-order valence-corrected chi connectivity index (χ3v) is 1.18. The van der Waals surface area contributed by atoms with Crippen LogP contribution < -0.4 is 0 Å². The molecule has 0 N–H and O–H groups in total. The molecule has 0 aromatic rings. The molecule has 0 spiro atoms. The lowest BCUT2D eigenvalue weighted by molar-refractivity contribution is -0.279. The fourth-order valence-electron chi connectivity index (χ4n) is 0.403. The van der Waals surface area contributed by atoms with Gasteiger partial charge in [0, 0.05) is 0 Å². The number of carbonyl (C=O) groups is 1. The van der Waals surface area contributed by atoms with E-state index in [-0.39, 0.29) is 0 Å². The summed E-state index contributed by atoms with van der Waals surface area (Å²) in [5, 5.41) is 0. The fraction of sp³-hybridized carbons (Fsp3) is 0.833. The van der Waals surface area contributed by atoms with Crippen molar-refractivity contribution < 1.29 is 49.4 Å². The minimum Gasteiger partial charge on any atom is -0.428 e. The first kappa shape index (κ1) is 15.7. The average Bonchev–Trinajstić information content (AvgIpc) is 2.13. The second-order valence-electron chi connectivity index (χ2n) is 2.56. The summed E-state index contributed by atoms with van der Waals surface area (Å²) in [4.78, 5) is 10.2. The summed E-state index contributed by atoms with van der Waals surface area (Å²) in [5.41, 5.74) is 0. The predicted octanol–water partition coefficient (Wildman–Crippen LogP) is 2.90. The van der Waals surface area contributed by atoms with E-state index in [1.54, 1.807) is 0 Å². The van der Waals surface area contributed by atoms with Gasteiger partial charge < -0.3 is 9.47 Å². The molecule has 0 radical (unpaired) electrons. The van der Waals surface area contributed by atoms with Gasteiger partial charge in [0.1, 0.15) is 0 Å². The number of hydrogen-bond donors (Lipinski definition) is 0. The van der Waals surface area contributed by atoms with Gasteiger partial charge in [-0.3, -0.25) is 0 Å². The van der Waals surface area contributed by atoms with Crippen molar-refractivity contribution in [3.63, 3.8) is 0 Å². The SMILES string of the molecule is O=C(OCC(F)(F)C(F)F)OC(F)(F)C(F)F. The third-order valence-electron chi connectivity index (χ3n) is 1.18. The predicted molar refractivity (Wildman–Crippen MR) is 34.3 cm³/mol. The number of hydrogen-bond acceptors (Lipinski definition) is 3. The van der Waals surface area contributed by atoms with Crippen molar-refractivity contribution in [1.29, 1.82) is 0 Å². The van der Waals surface area contributed by atoms with Gasteiger partial charge in [-0.05, 0) is 0 Å². The Hall–Kier alpha value is -1.29. The average molecular weight is 276 g/mol. The summed E-state index contributed by atoms with van der Waals surface area (Å²) in [6, 6.07) is 0. The molecular formula is C6H4F8O3. The molecule has 0 heterocycles. The van der Waals surface area contributed by atoms with Gasteiger partial charge >= 0.3 is 31.0 Å². The van der Waals surface area contributed by atoms with Crippen molar-refractivity contribution in [3.8, 4) is 0 Å². The van der Waals surface area contributed by atoms with Crippen molar-refractivity contribution in [1.82, 2.24) is 0 Å². The normalized spacial score (nSPS) is 13.1. The maximum atomic E-state index is 12.1. The largest absolute Gasteiger partial charge is 0.513 e. The van der Waals surface area contributed by atoms with Crippen LogP contribution in [0.3, 0.4) is 0 Å². The third kappa shape index (κ3) is 5.04. The van der Waals surface area contributed by atoms with Crippen molar-refractivity contribution in [3.05, 3.63) is 0 Å². The van der Waals surface area contributed by atoms with Gasteiger partial charge in [0.05, 0.1) is 0 Å². The summed E-state index contributed by atoms with van der Waals surface area (Å²) in [7, 11) is 0. The molecule has 0 aliphatic carbocycles. The van der Waals surface area contributed by atoms with Crippen LogP contribution in [0.2, 0.25) is 0 Å². The molecule has 0 aliphatic rings. The quantitative estimate of drug-likeness (QED) is 0.572. The Morgan fingerprint density at radius 2 is 1.47 bits per heavy atom. The Balaban J connectivity index is 4.22. The van der Waals surface area contributed by atoms with Gasteiger partial charge in [-0.1, -0.05) is 0 Å². The molecule has 102 valence electrons. The van der Waals surface area contributed by atoms with E-state index in [4.69, 9.17) is 0 Å². The molecule has 0 aromatic carbocycles. The summed E-state index contributed by atoms with van der Waals surface area (Å²) in [6.45, 7) is -2.27. The van der Waals surface area contributed by atoms with Crippen LogP contribution in [0.4, 0.5) is 39.9 Å². The molecule has 0 aliphatic heterocycles. The summed E-state index contributed by atoms with van der Waals surface area (Å²) >= 11 is 0. The van der Waals surface area contributed by atoms with E-state index in [9.17, 15) is 39.9 Å². The van der Waals surface area contributed by atoms with Crippen molar-refractivity contribution in [2.45, 2.75) is 24.9 Å². The van der Waals surface area contributed by atoms with Crippen molar-refractivity contribution >= 4 is 6.16 Å². The molecule has 0 bridgehead atoms. The molecule has 11 heteroatoms. The zero-order chi connectivity index (χ0) is 13.9. The number of alkyl halides is 8. The van der Waals surface area contributed by atoms with Crippen LogP contribution >= 0.6 is 0 Å². The minimum absolute atomic E-state index is 2.27. The van der Waals surface area contributed by atoms with Crippen molar-refractivity contribution in [2.75, 3.05) is 6.61 Å². The zero-order valence-electron chi connectivity index (χ0n) is 7.61. The monoisotopic (exact) mass is 276 g/mol. The summed E-state index contributed by atoms with van der Waals surface area (Å²) in [5.74, 6) is -4.79. The zero-order valence-corrected chi connectivity index (χ0v) is 7.61. The molecule has 0 rings (SSSR count). The number of carbonyl (C=O) groups excluding carboxylic acids is 1. The van der Waals surface area contributed by atoms with Crippen LogP contribution in [0, 0.1) is 0 Å². The Morgan fingerprint density at radius 1 is 1.00 bits per heavy atom. The first-order chi connectivity index (χ1) is 7.49. The Kier molecular flexibility index (Phi) is 4.95. The molecule has 0 aromatic heterocycles. The summed E-state index contributed by atoms with van der Waals surface area (Å²) in [6.07, 6.45) is -16.5. The molecule has 0 saturated carbocycles. The number of ether oxygens (including phenoxy) is 2. The first-order valence-electron chi connectivity index (χ1n) is 3.66. The Morgan fingerprint density at radius 3 is 1.82 bits per heavy atom. The minimum atomic E-state index is -5.25. The van der Waals surface area contributed by atoms with E-state index < -0.39 is 37.6 Å². The van der Waals surface area contributed by atoms with E-state index >= 15 is 0 Å². The van der Waals surface area contributed by atoms with Crippen LogP contribution in [-0.4, -0.2) is 37.6 Å². The van der Waals surface area contributed by atoms with Crippen LogP contribution in [0.5, 0.6) is 0 Å². The molecule has 0 unspecified atom stereocenters. The smallest absolute Gasteiger partial charge is 0.428 e. The van der Waals surface area contributed by atoms with Crippen LogP contribution in [0.1, 0.15) is 0 Å². The van der Waals surface area contributed by atoms with Gasteiger partial charge in [-0.2, -0.15) is 26.3 Å². The van der Waals surface area contributed by atoms with Gasteiger partial charge in [0.25, 0.3) is 0 Å². The highest BCUT2D eigenvalue weighted by Crippen LogP contribution is 2.26. The lowest BCUT2D eigenvalue weighted by Gasteiger charge is -2.17. The van der Waals surface area contributed by atoms with Crippen LogP contribution in [0.15, 0.2) is 0 Å². The lowest BCUT2D eigenvalue weighted by Crippen LogP contribution is -2.37. The van der Waals surface area contributed by atoms with Gasteiger partial charge in [-0.15, -0.1) is 0 Å². The Bertz CT molecular complexity index is 266. The highest BCUT2D eigenvalue weighted by Gasteiger charge is 2.47. The molecule has 0 saturated heterocycles. The fourth-order valence-corrected chi connectivity index (χ4v) is 0.403. The van der Waals surface area contributed by atoms with Gasteiger partial charge in [0.2, 0.25) is 0 Å². The van der Waals surface area contributed by atoms with E-state index in [0.29, 0.717) is 0 Å². The number of halogens is 8. The molecule has 0 amide bonds. The highest BCUT2D eigenvalue weighted by molar-refractivity contribution is 5.60. The molecule has 17 heavy (non-hydrogen) atoms. The second kappa shape index (κ2) is 5.36. The Labute approximate surface area is 88.3 Å². The van der Waals surface area contributed by atoms with Crippen molar-refractivity contribution in [2.24, 2.45) is 0 Å². The molecule has 3 nitrogen and oxygen atoms in total. The van der Waals surface area contributed by atoms with Crippen LogP contribution in [-0.2, 0) is 9.47 Å². The van der Waals surface area contributed by atoms with Gasteiger partial charge in [0.15, 0.2) is 6.61 Å². The maximum Gasteiger partial charge on any atom is 0.513 e. The standard InChI is InChI=1S/C6H4F8O3/c7-2(8)5(11,12)1-16-4(15)17-6(13,14)3(9)10/h2-3H,1H2. The highest BCUT2D eigenvalue weighted by atomic mass is 19.3. The van der Waals surface area contributed by atoms with Gasteiger partial charge in [-0.25, -0.2) is 13.6 Å². The first-order valence-corrected chi connectivity index (χ1v) is 3.66. The number of rotatable bonds is 5. The van der Waals surface area contributed by atoms with E-state index in [0.717, 1.165) is 0 Å². The lowest BCUT2D eigenvalue weighted by atomic mass is 10.4. The second-order valence-corrected chi connectivity index (χ2v) is 2.56. The van der Waals surface area contributed by atoms with E-state index in [1.165, 1.54) is 0 Å². The maximum absolute atomic E-state index is 12.1. The molecule has 0 fully saturated rings. The molecular weight excluding hydrogens is 272 g/mol. The molecule has 0 atom stereocenters. The topological polar surface area (TPSA) is 35.5 Å². The van der Waals surface area contributed by atoms with E-state index in [2.05, 4.69) is 9.47 Å². The van der Waals surface area contributed by atoms with Crippen LogP contribution in [0.25, 0.3) is 0 Å². The summed E-state index contributed by atoms with van der Waals surface area (Å²) < 4.78 is 99.7.